The van der Waals surface area contributed by atoms with Crippen LogP contribution in [0.3, 0.4) is 0 Å². The molecule has 0 aromatic carbocycles. The van der Waals surface area contributed by atoms with Crippen molar-refractivity contribution in [2.24, 2.45) is 5.73 Å². The number of amides is 2. The third kappa shape index (κ3) is 2.77. The molecule has 2 fully saturated rings. The number of piperazine rings is 1. The number of hydrogen-bond donors (Lipinski definition) is 1. The van der Waals surface area contributed by atoms with E-state index in [1.165, 1.54) is 0 Å². The average Bonchev–Trinajstić information content (AvgIpc) is 2.69. The molecule has 1 heterocycles. The van der Waals surface area contributed by atoms with Crippen molar-refractivity contribution in [2.45, 2.75) is 37.6 Å². The highest BCUT2D eigenvalue weighted by atomic mass is 16.2. The lowest BCUT2D eigenvalue weighted by atomic mass is 9.94. The highest BCUT2D eigenvalue weighted by Crippen LogP contribution is 2.30. The third-order valence-corrected chi connectivity index (χ3v) is 3.91. The molecule has 2 N–H and O–H groups in total. The quantitative estimate of drug-likeness (QED) is 0.734. The van der Waals surface area contributed by atoms with Gasteiger partial charge in [0.05, 0.1) is 6.54 Å². The average molecular weight is 239 g/mol. The summed E-state index contributed by atoms with van der Waals surface area (Å²) in [5, 5.41) is 0. The lowest BCUT2D eigenvalue weighted by Crippen LogP contribution is -2.52. The lowest BCUT2D eigenvalue weighted by molar-refractivity contribution is -0.144. The summed E-state index contributed by atoms with van der Waals surface area (Å²) in [5.74, 6) is 0.0537. The van der Waals surface area contributed by atoms with Crippen molar-refractivity contribution in [1.82, 2.24) is 9.80 Å². The van der Waals surface area contributed by atoms with Gasteiger partial charge in [-0.3, -0.25) is 9.59 Å². The van der Waals surface area contributed by atoms with Gasteiger partial charge in [-0.1, -0.05) is 12.8 Å². The van der Waals surface area contributed by atoms with Gasteiger partial charge in [0.25, 0.3) is 0 Å². The van der Waals surface area contributed by atoms with E-state index in [0.29, 0.717) is 19.5 Å². The van der Waals surface area contributed by atoms with Crippen molar-refractivity contribution in [1.29, 1.82) is 0 Å². The van der Waals surface area contributed by atoms with Crippen LogP contribution in [0.15, 0.2) is 0 Å². The van der Waals surface area contributed by atoms with Crippen LogP contribution in [0.25, 0.3) is 0 Å². The van der Waals surface area contributed by atoms with Gasteiger partial charge < -0.3 is 15.5 Å². The zero-order chi connectivity index (χ0) is 12.5. The number of nitrogens with two attached hydrogens (primary N) is 1. The molecule has 5 heteroatoms. The van der Waals surface area contributed by atoms with Gasteiger partial charge >= 0.3 is 0 Å². The van der Waals surface area contributed by atoms with Crippen molar-refractivity contribution >= 4 is 11.8 Å². The molecular weight excluding hydrogens is 218 g/mol. The van der Waals surface area contributed by atoms with Crippen molar-refractivity contribution < 1.29 is 9.59 Å². The molecule has 96 valence electrons. The van der Waals surface area contributed by atoms with E-state index >= 15 is 0 Å². The van der Waals surface area contributed by atoms with Gasteiger partial charge in [-0.2, -0.15) is 0 Å². The fourth-order valence-electron chi connectivity index (χ4n) is 2.64. The first-order chi connectivity index (χ1) is 8.00. The first-order valence-electron chi connectivity index (χ1n) is 6.31. The number of hydrogen-bond acceptors (Lipinski definition) is 3. The Hall–Kier alpha value is -1.10. The number of nitrogens with zero attached hydrogens (tertiary/aromatic N) is 2. The summed E-state index contributed by atoms with van der Waals surface area (Å²) in [5.41, 5.74) is 5.87. The van der Waals surface area contributed by atoms with Crippen LogP contribution in [0.5, 0.6) is 0 Å². The summed E-state index contributed by atoms with van der Waals surface area (Å²) in [6.45, 7) is 1.48. The highest BCUT2D eigenvalue weighted by Gasteiger charge is 2.34. The van der Waals surface area contributed by atoms with E-state index in [-0.39, 0.29) is 23.9 Å². The Bertz CT molecular complexity index is 324. The topological polar surface area (TPSA) is 66.6 Å². The van der Waals surface area contributed by atoms with Crippen LogP contribution in [-0.2, 0) is 9.59 Å². The first kappa shape index (κ1) is 12.4. The lowest BCUT2D eigenvalue weighted by Gasteiger charge is -2.34. The van der Waals surface area contributed by atoms with Crippen molar-refractivity contribution in [3.63, 3.8) is 0 Å². The van der Waals surface area contributed by atoms with Gasteiger partial charge in [0, 0.05) is 32.1 Å². The number of carbonyl (C=O) groups is 2. The number of likely N-dealkylation sites (N-methyl/N-ethyl adjacent to an activating group) is 1. The molecule has 1 saturated heterocycles. The molecule has 2 amide bonds. The maximum atomic E-state index is 12.1. The minimum Gasteiger partial charge on any atom is -0.342 e. The second kappa shape index (κ2) is 4.64. The van der Waals surface area contributed by atoms with E-state index in [1.54, 1.807) is 16.8 Å². The Morgan fingerprint density at radius 3 is 2.59 bits per heavy atom. The summed E-state index contributed by atoms with van der Waals surface area (Å²) in [6, 6.07) is 0. The third-order valence-electron chi connectivity index (χ3n) is 3.91. The molecule has 17 heavy (non-hydrogen) atoms. The van der Waals surface area contributed by atoms with E-state index < -0.39 is 0 Å². The smallest absolute Gasteiger partial charge is 0.241 e. The fraction of sp³-hybridized carbons (Fsp3) is 0.833. The molecule has 1 aliphatic heterocycles. The molecular formula is C12H21N3O2. The molecule has 0 unspecified atom stereocenters. The van der Waals surface area contributed by atoms with Crippen LogP contribution in [0, 0.1) is 0 Å². The van der Waals surface area contributed by atoms with Gasteiger partial charge in [0.1, 0.15) is 0 Å². The van der Waals surface area contributed by atoms with Gasteiger partial charge in [-0.15, -0.1) is 0 Å². The Kier molecular flexibility index (Phi) is 3.38. The molecule has 0 bridgehead atoms. The molecule has 0 spiro atoms. The maximum absolute atomic E-state index is 12.1. The molecule has 0 atom stereocenters. The van der Waals surface area contributed by atoms with Gasteiger partial charge in [-0.25, -0.2) is 0 Å². The van der Waals surface area contributed by atoms with Crippen LogP contribution < -0.4 is 5.73 Å². The molecule has 2 aliphatic rings. The van der Waals surface area contributed by atoms with Gasteiger partial charge in [-0.05, 0) is 12.8 Å². The Labute approximate surface area is 102 Å². The van der Waals surface area contributed by atoms with Crippen molar-refractivity contribution in [2.75, 3.05) is 26.7 Å². The zero-order valence-corrected chi connectivity index (χ0v) is 10.4. The fourth-order valence-corrected chi connectivity index (χ4v) is 2.64. The standard InChI is InChI=1S/C12H21N3O2/c1-14-6-7-15(9-11(14)17)10(16)8-12(13)4-2-3-5-12/h2-9,13H2,1H3. The number of carbonyl (C=O) groups excluding carboxylic acids is 2. The summed E-state index contributed by atoms with van der Waals surface area (Å²) in [6.07, 6.45) is 4.49. The van der Waals surface area contributed by atoms with Crippen LogP contribution in [-0.4, -0.2) is 53.8 Å². The van der Waals surface area contributed by atoms with E-state index in [2.05, 4.69) is 0 Å². The van der Waals surface area contributed by atoms with Crippen LogP contribution in [0.2, 0.25) is 0 Å². The molecule has 5 nitrogen and oxygen atoms in total. The van der Waals surface area contributed by atoms with Crippen molar-refractivity contribution in [3.05, 3.63) is 0 Å². The Balaban J connectivity index is 1.90. The highest BCUT2D eigenvalue weighted by molar-refractivity contribution is 5.86. The second-order valence-corrected chi connectivity index (χ2v) is 5.38. The normalized spacial score (nSPS) is 24.2. The second-order valence-electron chi connectivity index (χ2n) is 5.38. The molecule has 0 aromatic rings. The largest absolute Gasteiger partial charge is 0.342 e. The minimum absolute atomic E-state index is 0.0158. The van der Waals surface area contributed by atoms with Crippen LogP contribution in [0.1, 0.15) is 32.1 Å². The number of rotatable bonds is 2. The predicted molar refractivity (Wildman–Crippen MR) is 64.2 cm³/mol. The summed E-state index contributed by atoms with van der Waals surface area (Å²) < 4.78 is 0. The predicted octanol–water partition coefficient (Wildman–Crippen LogP) is -0.0514. The van der Waals surface area contributed by atoms with Crippen LogP contribution in [0.4, 0.5) is 0 Å². The van der Waals surface area contributed by atoms with Gasteiger partial charge in [0.2, 0.25) is 11.8 Å². The van der Waals surface area contributed by atoms with Crippen LogP contribution >= 0.6 is 0 Å². The zero-order valence-electron chi connectivity index (χ0n) is 10.4. The molecule has 1 aliphatic carbocycles. The molecule has 0 radical (unpaired) electrons. The van der Waals surface area contributed by atoms with E-state index in [4.69, 9.17) is 5.73 Å². The van der Waals surface area contributed by atoms with Crippen molar-refractivity contribution in [3.8, 4) is 0 Å². The van der Waals surface area contributed by atoms with E-state index in [0.717, 1.165) is 25.7 Å². The summed E-state index contributed by atoms with van der Waals surface area (Å²) >= 11 is 0. The van der Waals surface area contributed by atoms with E-state index in [1.807, 2.05) is 0 Å². The monoisotopic (exact) mass is 239 g/mol. The SMILES string of the molecule is CN1CCN(C(=O)CC2(N)CCCC2)CC1=O. The van der Waals surface area contributed by atoms with Gasteiger partial charge in [0.15, 0.2) is 0 Å². The molecule has 0 aromatic heterocycles. The first-order valence-corrected chi connectivity index (χ1v) is 6.31. The summed E-state index contributed by atoms with van der Waals surface area (Å²) in [7, 11) is 1.77. The van der Waals surface area contributed by atoms with E-state index in [9.17, 15) is 9.59 Å². The summed E-state index contributed by atoms with van der Waals surface area (Å²) in [4.78, 5) is 26.9. The molecule has 2 rings (SSSR count). The molecule has 1 saturated carbocycles. The Morgan fingerprint density at radius 2 is 2.00 bits per heavy atom. The maximum Gasteiger partial charge on any atom is 0.241 e. The Morgan fingerprint density at radius 1 is 1.35 bits per heavy atom. The minimum atomic E-state index is -0.316.